The Labute approximate surface area is 130 Å². The highest BCUT2D eigenvalue weighted by molar-refractivity contribution is 5.72. The van der Waals surface area contributed by atoms with Crippen molar-refractivity contribution in [3.05, 3.63) is 12.2 Å². The lowest BCUT2D eigenvalue weighted by molar-refractivity contribution is -0.908. The Morgan fingerprint density at radius 1 is 0.955 bits per heavy atom. The van der Waals surface area contributed by atoms with E-state index in [-0.39, 0.29) is 6.54 Å². The van der Waals surface area contributed by atoms with Gasteiger partial charge < -0.3 is 24.6 Å². The summed E-state index contributed by atoms with van der Waals surface area (Å²) < 4.78 is -0.549. The number of rotatable bonds is 13. The van der Waals surface area contributed by atoms with Crippen molar-refractivity contribution in [2.75, 3.05) is 26.2 Å². The Morgan fingerprint density at radius 2 is 1.50 bits per heavy atom. The van der Waals surface area contributed by atoms with E-state index in [1.807, 2.05) is 12.2 Å². The van der Waals surface area contributed by atoms with Gasteiger partial charge in [0.1, 0.15) is 6.54 Å². The fourth-order valence-corrected chi connectivity index (χ4v) is 2.35. The minimum Gasteiger partial charge on any atom is -0.544 e. The van der Waals surface area contributed by atoms with E-state index in [4.69, 9.17) is 10.2 Å². The van der Waals surface area contributed by atoms with Gasteiger partial charge in [-0.15, -0.1) is 0 Å². The van der Waals surface area contributed by atoms with Crippen molar-refractivity contribution in [2.24, 2.45) is 0 Å². The van der Waals surface area contributed by atoms with Gasteiger partial charge in [-0.3, -0.25) is 0 Å². The summed E-state index contributed by atoms with van der Waals surface area (Å²) in [6, 6.07) is 0. The van der Waals surface area contributed by atoms with Crippen molar-refractivity contribution in [3.8, 4) is 0 Å². The molecule has 7 nitrogen and oxygen atoms in total. The second kappa shape index (κ2) is 10.8. The summed E-state index contributed by atoms with van der Waals surface area (Å²) in [6.07, 6.45) is 8.47. The molecule has 0 saturated carbocycles. The molecule has 0 aromatic carbocycles. The van der Waals surface area contributed by atoms with Gasteiger partial charge >= 0.3 is 11.9 Å². The summed E-state index contributed by atoms with van der Waals surface area (Å²) in [5, 5.41) is 28.7. The van der Waals surface area contributed by atoms with E-state index in [9.17, 15) is 19.5 Å². The van der Waals surface area contributed by atoms with E-state index >= 15 is 0 Å². The molecule has 0 aromatic heterocycles. The summed E-state index contributed by atoms with van der Waals surface area (Å²) in [6.45, 7) is 0.514. The van der Waals surface area contributed by atoms with Crippen LogP contribution in [0, 0.1) is 0 Å². The van der Waals surface area contributed by atoms with Crippen molar-refractivity contribution < 1.29 is 34.2 Å². The number of aliphatic carboxylic acids is 3. The molecular formula is C15H25NO6. The smallest absolute Gasteiger partial charge is 0.359 e. The largest absolute Gasteiger partial charge is 0.544 e. The maximum atomic E-state index is 10.9. The Bertz CT molecular complexity index is 364. The average Bonchev–Trinajstić information content (AvgIpc) is 2.35. The number of carbonyl (C=O) groups excluding carboxylic acids is 1. The van der Waals surface area contributed by atoms with Crippen molar-refractivity contribution in [2.45, 2.75) is 39.0 Å². The predicted molar refractivity (Wildman–Crippen MR) is 77.9 cm³/mol. The van der Waals surface area contributed by atoms with Gasteiger partial charge in [-0.1, -0.05) is 31.9 Å². The van der Waals surface area contributed by atoms with E-state index < -0.39 is 42.0 Å². The van der Waals surface area contributed by atoms with Gasteiger partial charge in [-0.25, -0.2) is 9.59 Å². The number of carbonyl (C=O) groups is 3. The standard InChI is InChI=1S/C15H25NO6/c1-2-3-4-5-6-7-8-9-16(10-13(17)18,11-14(19)20)12-15(21)22/h6-7H,2-5,8-12H2,1H3,(H2-,17,18,19,20,21,22)/b7-6+. The van der Waals surface area contributed by atoms with Crippen LogP contribution in [0.5, 0.6) is 0 Å². The molecule has 0 aliphatic heterocycles. The zero-order valence-electron chi connectivity index (χ0n) is 13.0. The predicted octanol–water partition coefficient (Wildman–Crippen LogP) is 0.249. The Kier molecular flexibility index (Phi) is 9.86. The molecule has 0 unspecified atom stereocenters. The molecule has 0 spiro atoms. The zero-order valence-corrected chi connectivity index (χ0v) is 13.0. The third kappa shape index (κ3) is 9.93. The van der Waals surface area contributed by atoms with Gasteiger partial charge in [-0.2, -0.15) is 0 Å². The number of quaternary nitrogens is 1. The topological polar surface area (TPSA) is 115 Å². The molecule has 0 aliphatic carbocycles. The molecule has 0 saturated heterocycles. The molecule has 0 heterocycles. The van der Waals surface area contributed by atoms with Gasteiger partial charge in [0, 0.05) is 6.42 Å². The lowest BCUT2D eigenvalue weighted by Crippen LogP contribution is -2.59. The second-order valence-corrected chi connectivity index (χ2v) is 5.45. The summed E-state index contributed by atoms with van der Waals surface area (Å²) in [4.78, 5) is 32.7. The van der Waals surface area contributed by atoms with E-state index in [0.29, 0.717) is 6.42 Å². The van der Waals surface area contributed by atoms with Crippen molar-refractivity contribution in [1.82, 2.24) is 0 Å². The second-order valence-electron chi connectivity index (χ2n) is 5.45. The van der Waals surface area contributed by atoms with Crippen molar-refractivity contribution >= 4 is 17.9 Å². The molecule has 22 heavy (non-hydrogen) atoms. The Morgan fingerprint density at radius 3 is 1.95 bits per heavy atom. The Balaban J connectivity index is 4.70. The van der Waals surface area contributed by atoms with Crippen molar-refractivity contribution in [1.29, 1.82) is 0 Å². The van der Waals surface area contributed by atoms with E-state index in [1.54, 1.807) is 0 Å². The number of nitrogens with zero attached hydrogens (tertiary/aromatic N) is 1. The first-order chi connectivity index (χ1) is 10.3. The molecule has 0 amide bonds. The van der Waals surface area contributed by atoms with Crippen LogP contribution in [0.15, 0.2) is 12.2 Å². The summed E-state index contributed by atoms with van der Waals surface area (Å²) in [7, 11) is 0. The molecule has 0 atom stereocenters. The van der Waals surface area contributed by atoms with Gasteiger partial charge in [0.05, 0.1) is 12.5 Å². The number of unbranched alkanes of at least 4 members (excludes halogenated alkanes) is 3. The lowest BCUT2D eigenvalue weighted by atomic mass is 10.2. The fourth-order valence-electron chi connectivity index (χ4n) is 2.35. The van der Waals surface area contributed by atoms with Crippen LogP contribution in [0.25, 0.3) is 0 Å². The molecule has 0 fully saturated rings. The molecule has 0 aliphatic rings. The van der Waals surface area contributed by atoms with Crippen LogP contribution in [0.2, 0.25) is 0 Å². The average molecular weight is 315 g/mol. The van der Waals surface area contributed by atoms with Crippen LogP contribution in [0.3, 0.4) is 0 Å². The van der Waals surface area contributed by atoms with E-state index in [0.717, 1.165) is 25.7 Å². The maximum Gasteiger partial charge on any atom is 0.359 e. The lowest BCUT2D eigenvalue weighted by Gasteiger charge is -2.35. The number of hydrogen-bond acceptors (Lipinski definition) is 4. The first kappa shape index (κ1) is 20.1. The van der Waals surface area contributed by atoms with E-state index in [1.165, 1.54) is 0 Å². The quantitative estimate of drug-likeness (QED) is 0.286. The SMILES string of the molecule is CCCCC/C=C/CC[N+](CC(=O)[O-])(CC(=O)O)CC(=O)O. The van der Waals surface area contributed by atoms with Crippen LogP contribution in [-0.2, 0) is 14.4 Å². The monoisotopic (exact) mass is 315 g/mol. The summed E-state index contributed by atoms with van der Waals surface area (Å²) in [5.74, 6) is -3.90. The molecule has 2 N–H and O–H groups in total. The van der Waals surface area contributed by atoms with Crippen LogP contribution in [0.4, 0.5) is 0 Å². The molecular weight excluding hydrogens is 290 g/mol. The van der Waals surface area contributed by atoms with Gasteiger partial charge in [0.2, 0.25) is 0 Å². The minimum absolute atomic E-state index is 0.136. The zero-order chi connectivity index (χ0) is 17.0. The fraction of sp³-hybridized carbons (Fsp3) is 0.667. The van der Waals surface area contributed by atoms with Gasteiger partial charge in [0.15, 0.2) is 13.1 Å². The summed E-state index contributed by atoms with van der Waals surface area (Å²) in [5.41, 5.74) is 0. The third-order valence-corrected chi connectivity index (χ3v) is 3.32. The molecule has 7 heteroatoms. The van der Waals surface area contributed by atoms with Gasteiger partial charge in [0.25, 0.3) is 0 Å². The molecule has 0 rings (SSSR count). The first-order valence-electron chi connectivity index (χ1n) is 7.45. The highest BCUT2D eigenvalue weighted by Crippen LogP contribution is 2.10. The number of carboxylic acid groups (broad SMARTS) is 3. The normalized spacial score (nSPS) is 11.7. The minimum atomic E-state index is -1.45. The maximum absolute atomic E-state index is 10.9. The molecule has 0 bridgehead atoms. The van der Waals surface area contributed by atoms with Crippen LogP contribution < -0.4 is 5.11 Å². The van der Waals surface area contributed by atoms with Crippen LogP contribution in [-0.4, -0.2) is 58.8 Å². The Hall–Kier alpha value is -1.89. The summed E-state index contributed by atoms with van der Waals surface area (Å²) >= 11 is 0. The molecule has 0 aromatic rings. The van der Waals surface area contributed by atoms with E-state index in [2.05, 4.69) is 6.92 Å². The van der Waals surface area contributed by atoms with Gasteiger partial charge in [-0.05, 0) is 12.8 Å². The number of carboxylic acids is 3. The highest BCUT2D eigenvalue weighted by atomic mass is 16.4. The molecule has 0 radical (unpaired) electrons. The van der Waals surface area contributed by atoms with Crippen LogP contribution >= 0.6 is 0 Å². The van der Waals surface area contributed by atoms with Crippen molar-refractivity contribution in [3.63, 3.8) is 0 Å². The molecule has 126 valence electrons. The first-order valence-corrected chi connectivity index (χ1v) is 7.45. The number of hydrogen-bond donors (Lipinski definition) is 2. The third-order valence-electron chi connectivity index (χ3n) is 3.32. The van der Waals surface area contributed by atoms with Crippen LogP contribution in [0.1, 0.15) is 39.0 Å². The highest BCUT2D eigenvalue weighted by Gasteiger charge is 2.32. The number of allylic oxidation sites excluding steroid dienone is 1.